The van der Waals surface area contributed by atoms with Crippen LogP contribution in [0.5, 0.6) is 0 Å². The molecule has 0 unspecified atom stereocenters. The monoisotopic (exact) mass is 547 g/mol. The lowest BCUT2D eigenvalue weighted by molar-refractivity contribution is 0.0744. The van der Waals surface area contributed by atoms with Crippen LogP contribution in [0.15, 0.2) is 65.5 Å². The molecule has 0 saturated carbocycles. The zero-order valence-corrected chi connectivity index (χ0v) is 22.3. The lowest BCUT2D eigenvalue weighted by atomic mass is 10.1. The third kappa shape index (κ3) is 4.22. The fourth-order valence-corrected chi connectivity index (χ4v) is 5.61. The van der Waals surface area contributed by atoms with Gasteiger partial charge in [-0.05, 0) is 30.2 Å². The van der Waals surface area contributed by atoms with Crippen molar-refractivity contribution in [3.05, 3.63) is 98.8 Å². The lowest BCUT2D eigenvalue weighted by Gasteiger charge is -2.35. The fraction of sp³-hybridized carbons (Fsp3) is 0.276. The Balaban J connectivity index is 1.38. The van der Waals surface area contributed by atoms with E-state index in [4.69, 9.17) is 16.3 Å². The minimum atomic E-state index is -0.727. The Hall–Kier alpha value is -3.95. The van der Waals surface area contributed by atoms with Gasteiger partial charge in [-0.3, -0.25) is 4.79 Å². The maximum absolute atomic E-state index is 14.9. The van der Waals surface area contributed by atoms with Crippen molar-refractivity contribution < 1.29 is 13.9 Å². The van der Waals surface area contributed by atoms with E-state index < -0.39 is 29.6 Å². The number of rotatable bonds is 4. The van der Waals surface area contributed by atoms with E-state index in [1.54, 1.807) is 14.0 Å². The molecule has 8 nitrogen and oxygen atoms in total. The number of aromatic nitrogens is 2. The van der Waals surface area contributed by atoms with Crippen molar-refractivity contribution in [3.63, 3.8) is 0 Å². The molecule has 1 aliphatic carbocycles. The molecular formula is C29H27ClFN5O3. The van der Waals surface area contributed by atoms with Gasteiger partial charge in [0.1, 0.15) is 11.3 Å². The molecule has 39 heavy (non-hydrogen) atoms. The summed E-state index contributed by atoms with van der Waals surface area (Å²) in [6.07, 6.45) is -1.16. The van der Waals surface area contributed by atoms with Crippen molar-refractivity contribution in [1.82, 2.24) is 19.9 Å². The Morgan fingerprint density at radius 1 is 1.08 bits per heavy atom. The molecule has 1 saturated heterocycles. The van der Waals surface area contributed by atoms with Crippen LogP contribution in [0.4, 0.5) is 9.18 Å². The second-order valence-corrected chi connectivity index (χ2v) is 10.2. The molecule has 200 valence electrons. The van der Waals surface area contributed by atoms with Gasteiger partial charge < -0.3 is 20.0 Å². The van der Waals surface area contributed by atoms with Gasteiger partial charge in [0.15, 0.2) is 11.9 Å². The van der Waals surface area contributed by atoms with E-state index in [-0.39, 0.29) is 21.7 Å². The smallest absolute Gasteiger partial charge is 0.411 e. The van der Waals surface area contributed by atoms with Crippen molar-refractivity contribution in [1.29, 1.82) is 0 Å². The van der Waals surface area contributed by atoms with E-state index >= 15 is 0 Å². The van der Waals surface area contributed by atoms with Gasteiger partial charge in [0.25, 0.3) is 5.56 Å². The third-order valence-electron chi connectivity index (χ3n) is 7.54. The SMILES string of the molecule is C[C@@H](c1nc2c(F)ccc(Cl)c2c(=O)n1N1CCNCC1)N(C)C(=O)OC1c2ccccc2-c2ccccc21. The first-order chi connectivity index (χ1) is 18.9. The molecule has 4 aromatic rings. The van der Waals surface area contributed by atoms with Crippen molar-refractivity contribution >= 4 is 28.6 Å². The summed E-state index contributed by atoms with van der Waals surface area (Å²) in [6, 6.07) is 17.5. The van der Waals surface area contributed by atoms with Crippen LogP contribution in [-0.2, 0) is 4.74 Å². The predicted octanol–water partition coefficient (Wildman–Crippen LogP) is 4.63. The first-order valence-electron chi connectivity index (χ1n) is 12.8. The lowest BCUT2D eigenvalue weighted by Crippen LogP contribution is -2.54. The van der Waals surface area contributed by atoms with E-state index in [1.165, 1.54) is 21.7 Å². The van der Waals surface area contributed by atoms with E-state index in [0.717, 1.165) is 22.3 Å². The van der Waals surface area contributed by atoms with Crippen LogP contribution in [0.3, 0.4) is 0 Å². The Labute approximate surface area is 229 Å². The second kappa shape index (κ2) is 9.98. The summed E-state index contributed by atoms with van der Waals surface area (Å²) in [5.74, 6) is -0.431. The normalized spacial score (nSPS) is 15.6. The summed E-state index contributed by atoms with van der Waals surface area (Å²) < 4.78 is 22.4. The summed E-state index contributed by atoms with van der Waals surface area (Å²) in [5, 5.41) is 5.24. The number of hydrogen-bond acceptors (Lipinski definition) is 6. The van der Waals surface area contributed by atoms with Gasteiger partial charge in [-0.25, -0.2) is 18.8 Å². The van der Waals surface area contributed by atoms with Gasteiger partial charge in [-0.2, -0.15) is 0 Å². The van der Waals surface area contributed by atoms with Gasteiger partial charge in [-0.1, -0.05) is 60.1 Å². The number of piperazine rings is 1. The zero-order chi connectivity index (χ0) is 27.3. The number of fused-ring (bicyclic) bond motifs is 4. The molecule has 2 heterocycles. The average molecular weight is 548 g/mol. The number of nitrogens with one attached hydrogen (secondary N) is 1. The number of hydrogen-bond donors (Lipinski definition) is 1. The summed E-state index contributed by atoms with van der Waals surface area (Å²) in [6.45, 7) is 4.13. The van der Waals surface area contributed by atoms with Gasteiger partial charge in [-0.15, -0.1) is 0 Å². The highest BCUT2D eigenvalue weighted by Crippen LogP contribution is 2.45. The quantitative estimate of drug-likeness (QED) is 0.401. The highest BCUT2D eigenvalue weighted by Gasteiger charge is 2.34. The van der Waals surface area contributed by atoms with Gasteiger partial charge in [0, 0.05) is 44.4 Å². The summed E-state index contributed by atoms with van der Waals surface area (Å²) in [5.41, 5.74) is 3.27. The van der Waals surface area contributed by atoms with E-state index in [9.17, 15) is 14.0 Å². The van der Waals surface area contributed by atoms with E-state index in [1.807, 2.05) is 53.5 Å². The highest BCUT2D eigenvalue weighted by atomic mass is 35.5. The van der Waals surface area contributed by atoms with Gasteiger partial charge in [0.2, 0.25) is 0 Å². The first kappa shape index (κ1) is 25.3. The molecular weight excluding hydrogens is 521 g/mol. The summed E-state index contributed by atoms with van der Waals surface area (Å²) in [4.78, 5) is 33.3. The molecule has 6 rings (SSSR count). The van der Waals surface area contributed by atoms with Gasteiger partial charge >= 0.3 is 6.09 Å². The number of ether oxygens (including phenoxy) is 1. The van der Waals surface area contributed by atoms with Crippen LogP contribution in [0, 0.1) is 5.82 Å². The number of halogens is 2. The molecule has 1 aromatic heterocycles. The first-order valence-corrected chi connectivity index (χ1v) is 13.2. The molecule has 1 N–H and O–H groups in total. The fourth-order valence-electron chi connectivity index (χ4n) is 5.37. The minimum absolute atomic E-state index is 0.00977. The third-order valence-corrected chi connectivity index (χ3v) is 7.86. The highest BCUT2D eigenvalue weighted by molar-refractivity contribution is 6.35. The Morgan fingerprint density at radius 3 is 2.33 bits per heavy atom. The van der Waals surface area contributed by atoms with Crippen LogP contribution < -0.4 is 15.9 Å². The second-order valence-electron chi connectivity index (χ2n) is 9.77. The van der Waals surface area contributed by atoms with Crippen LogP contribution in [0.25, 0.3) is 22.0 Å². The van der Waals surface area contributed by atoms with Crippen LogP contribution in [0.1, 0.15) is 36.0 Å². The minimum Gasteiger partial charge on any atom is -0.436 e. The Bertz CT molecular complexity index is 1610. The molecule has 0 spiro atoms. The van der Waals surface area contributed by atoms with Crippen molar-refractivity contribution in [2.45, 2.75) is 19.1 Å². The molecule has 1 aliphatic heterocycles. The number of carbonyl (C=O) groups excluding carboxylic acids is 1. The van der Waals surface area contributed by atoms with Crippen molar-refractivity contribution in [2.75, 3.05) is 38.2 Å². The molecule has 1 amide bonds. The maximum atomic E-state index is 14.9. The molecule has 1 fully saturated rings. The van der Waals surface area contributed by atoms with E-state index in [0.29, 0.717) is 26.2 Å². The largest absolute Gasteiger partial charge is 0.436 e. The molecule has 2 aliphatic rings. The number of carbonyl (C=O) groups is 1. The number of nitrogens with zero attached hydrogens (tertiary/aromatic N) is 4. The summed E-state index contributed by atoms with van der Waals surface area (Å²) in [7, 11) is 1.59. The molecule has 0 bridgehead atoms. The topological polar surface area (TPSA) is 79.7 Å². The number of benzene rings is 3. The average Bonchev–Trinajstić information content (AvgIpc) is 3.27. The number of amides is 1. The van der Waals surface area contributed by atoms with Crippen molar-refractivity contribution in [2.24, 2.45) is 0 Å². The molecule has 10 heteroatoms. The Kier molecular flexibility index (Phi) is 6.48. The Morgan fingerprint density at radius 2 is 1.69 bits per heavy atom. The summed E-state index contributed by atoms with van der Waals surface area (Å²) >= 11 is 6.33. The van der Waals surface area contributed by atoms with Crippen LogP contribution in [-0.4, -0.2) is 53.9 Å². The van der Waals surface area contributed by atoms with Crippen LogP contribution in [0.2, 0.25) is 5.02 Å². The van der Waals surface area contributed by atoms with Crippen molar-refractivity contribution in [3.8, 4) is 11.1 Å². The predicted molar refractivity (Wildman–Crippen MR) is 148 cm³/mol. The molecule has 3 aromatic carbocycles. The molecule has 1 atom stereocenters. The van der Waals surface area contributed by atoms with E-state index in [2.05, 4.69) is 10.3 Å². The standard InChI is InChI=1S/C29H27ClFN5O3/c1-17(34(2)29(38)39-26-20-9-5-3-7-18(20)19-8-4-6-10-21(19)26)27-33-25-23(31)12-11-22(30)24(25)28(37)36(27)35-15-13-32-14-16-35/h3-12,17,26,32H,13-16H2,1-2H3/t17-/m0/s1. The molecule has 0 radical (unpaired) electrons. The zero-order valence-electron chi connectivity index (χ0n) is 21.5. The van der Waals surface area contributed by atoms with Crippen LogP contribution >= 0.6 is 11.6 Å². The maximum Gasteiger partial charge on any atom is 0.411 e. The van der Waals surface area contributed by atoms with Gasteiger partial charge in [0.05, 0.1) is 16.5 Å².